The van der Waals surface area contributed by atoms with Gasteiger partial charge in [-0.25, -0.2) is 4.79 Å². The summed E-state index contributed by atoms with van der Waals surface area (Å²) in [5.41, 5.74) is 5.19. The van der Waals surface area contributed by atoms with E-state index < -0.39 is 54.5 Å². The lowest BCUT2D eigenvalue weighted by Gasteiger charge is -2.44. The molecule has 8 N–H and O–H groups in total. The lowest BCUT2D eigenvalue weighted by atomic mass is 9.88. The van der Waals surface area contributed by atoms with Crippen LogP contribution >= 0.6 is 0 Å². The van der Waals surface area contributed by atoms with Gasteiger partial charge in [-0.3, -0.25) is 4.79 Å². The van der Waals surface area contributed by atoms with Crippen LogP contribution in [0.3, 0.4) is 0 Å². The number of ether oxygens (including phenoxy) is 1. The second-order valence-electron chi connectivity index (χ2n) is 4.96. The van der Waals surface area contributed by atoms with Crippen LogP contribution in [0, 0.1) is 0 Å². The molecule has 10 nitrogen and oxygen atoms in total. The Hall–Kier alpha value is -1.30. The summed E-state index contributed by atoms with van der Waals surface area (Å²) in [7, 11) is 0. The molecule has 0 radical (unpaired) electrons. The topological polar surface area (TPSA) is 183 Å². The second kappa shape index (κ2) is 6.64. The highest BCUT2D eigenvalue weighted by Crippen LogP contribution is 2.30. The highest BCUT2D eigenvalue weighted by atomic mass is 16.7. The molecule has 0 saturated carbocycles. The van der Waals surface area contributed by atoms with Crippen molar-refractivity contribution in [1.29, 1.82) is 0 Å². The molecule has 0 aromatic heterocycles. The Morgan fingerprint density at radius 3 is 2.48 bits per heavy atom. The number of aliphatic carboxylic acids is 1. The molecule has 0 spiro atoms. The number of nitrogens with two attached hydrogens (primary N) is 1. The van der Waals surface area contributed by atoms with Gasteiger partial charge in [-0.2, -0.15) is 0 Å². The van der Waals surface area contributed by atoms with Gasteiger partial charge < -0.3 is 41.3 Å². The monoisotopic (exact) mass is 308 g/mol. The molecule has 6 atom stereocenters. The summed E-state index contributed by atoms with van der Waals surface area (Å²) in [6.45, 7) is 0.781. The Balaban J connectivity index is 3.07. The van der Waals surface area contributed by atoms with Gasteiger partial charge in [0.25, 0.3) is 5.79 Å². The SMILES string of the molecule is CC(=O)NC1C(O)CC(O)(C(=O)O)OC1[C@H](O)[C@H](O)CN. The Labute approximate surface area is 120 Å². The molecule has 0 aromatic rings. The maximum atomic E-state index is 11.1. The molecule has 4 unspecified atom stereocenters. The summed E-state index contributed by atoms with van der Waals surface area (Å²) in [5, 5.41) is 50.5. The molecule has 1 fully saturated rings. The third-order valence-electron chi connectivity index (χ3n) is 3.26. The van der Waals surface area contributed by atoms with Crippen LogP contribution in [0.4, 0.5) is 0 Å². The van der Waals surface area contributed by atoms with Crippen LogP contribution in [0.2, 0.25) is 0 Å². The number of hydrogen-bond donors (Lipinski definition) is 7. The minimum Gasteiger partial charge on any atom is -0.477 e. The van der Waals surface area contributed by atoms with Crippen LogP contribution < -0.4 is 11.1 Å². The standard InChI is InChI=1S/C11H20N2O8/c1-4(14)13-7-5(15)2-11(20,10(18)19)21-9(7)8(17)6(16)3-12/h5-9,15-17,20H,2-3,12H2,1H3,(H,13,14)(H,18,19)/t5?,6-,7?,8-,9?,11?/m1/s1. The zero-order valence-corrected chi connectivity index (χ0v) is 11.3. The number of carbonyl (C=O) groups excluding carboxylic acids is 1. The van der Waals surface area contributed by atoms with Crippen LogP contribution in [-0.2, 0) is 14.3 Å². The zero-order valence-electron chi connectivity index (χ0n) is 11.3. The lowest BCUT2D eigenvalue weighted by Crippen LogP contribution is -2.67. The average molecular weight is 308 g/mol. The lowest BCUT2D eigenvalue weighted by molar-refractivity contribution is -0.294. The number of carboxylic acid groups (broad SMARTS) is 1. The fourth-order valence-electron chi connectivity index (χ4n) is 2.17. The van der Waals surface area contributed by atoms with E-state index in [0.29, 0.717) is 0 Å². The van der Waals surface area contributed by atoms with E-state index in [0.717, 1.165) is 6.92 Å². The molecule has 1 aliphatic heterocycles. The van der Waals surface area contributed by atoms with Crippen LogP contribution in [0.5, 0.6) is 0 Å². The highest BCUT2D eigenvalue weighted by molar-refractivity contribution is 5.76. The number of aliphatic hydroxyl groups is 4. The van der Waals surface area contributed by atoms with E-state index in [1.54, 1.807) is 0 Å². The minimum atomic E-state index is -2.74. The van der Waals surface area contributed by atoms with E-state index in [-0.39, 0.29) is 6.54 Å². The van der Waals surface area contributed by atoms with E-state index in [4.69, 9.17) is 15.6 Å². The molecule has 1 rings (SSSR count). The normalized spacial score (nSPS) is 35.8. The van der Waals surface area contributed by atoms with E-state index in [1.807, 2.05) is 0 Å². The number of carbonyl (C=O) groups is 2. The number of hydrogen-bond acceptors (Lipinski definition) is 8. The molecule has 0 bridgehead atoms. The number of nitrogens with one attached hydrogen (secondary N) is 1. The molecule has 21 heavy (non-hydrogen) atoms. The second-order valence-corrected chi connectivity index (χ2v) is 4.96. The highest BCUT2D eigenvalue weighted by Gasteiger charge is 2.53. The number of rotatable bonds is 5. The first kappa shape index (κ1) is 17.8. The van der Waals surface area contributed by atoms with E-state index >= 15 is 0 Å². The van der Waals surface area contributed by atoms with Gasteiger partial charge in [0, 0.05) is 19.9 Å². The van der Waals surface area contributed by atoms with Crippen molar-refractivity contribution in [3.8, 4) is 0 Å². The minimum absolute atomic E-state index is 0.366. The molecule has 122 valence electrons. The van der Waals surface area contributed by atoms with Gasteiger partial charge in [0.15, 0.2) is 0 Å². The summed E-state index contributed by atoms with van der Waals surface area (Å²) in [6, 6.07) is -1.21. The fourth-order valence-corrected chi connectivity index (χ4v) is 2.17. The predicted octanol–water partition coefficient (Wildman–Crippen LogP) is -3.91. The van der Waals surface area contributed by atoms with E-state index in [9.17, 15) is 30.0 Å². The molecule has 1 saturated heterocycles. The molecular weight excluding hydrogens is 288 g/mol. The van der Waals surface area contributed by atoms with E-state index in [2.05, 4.69) is 5.32 Å². The summed E-state index contributed by atoms with van der Waals surface area (Å²) in [4.78, 5) is 22.2. The van der Waals surface area contributed by atoms with Crippen LogP contribution in [0.25, 0.3) is 0 Å². The summed E-state index contributed by atoms with van der Waals surface area (Å²) < 4.78 is 4.92. The van der Waals surface area contributed by atoms with E-state index in [1.165, 1.54) is 0 Å². The predicted molar refractivity (Wildman–Crippen MR) is 66.8 cm³/mol. The van der Waals surface area contributed by atoms with Crippen molar-refractivity contribution in [2.45, 2.75) is 49.6 Å². The summed E-state index contributed by atoms with van der Waals surface area (Å²) >= 11 is 0. The van der Waals surface area contributed by atoms with Crippen LogP contribution in [0.15, 0.2) is 0 Å². The molecule has 10 heteroatoms. The maximum absolute atomic E-state index is 11.1. The van der Waals surface area contributed by atoms with Gasteiger partial charge in [0.1, 0.15) is 12.2 Å². The number of aliphatic hydroxyl groups excluding tert-OH is 3. The van der Waals surface area contributed by atoms with Crippen molar-refractivity contribution in [2.24, 2.45) is 5.73 Å². The first-order valence-corrected chi connectivity index (χ1v) is 6.27. The zero-order chi connectivity index (χ0) is 16.4. The third kappa shape index (κ3) is 3.87. The molecular formula is C11H20N2O8. The number of carboxylic acids is 1. The Morgan fingerprint density at radius 1 is 1.48 bits per heavy atom. The van der Waals surface area contributed by atoms with Crippen molar-refractivity contribution in [2.75, 3.05) is 6.54 Å². The van der Waals surface area contributed by atoms with Crippen molar-refractivity contribution >= 4 is 11.9 Å². The average Bonchev–Trinajstić information content (AvgIpc) is 2.39. The first-order valence-electron chi connectivity index (χ1n) is 6.27. The van der Waals surface area contributed by atoms with Crippen LogP contribution in [0.1, 0.15) is 13.3 Å². The van der Waals surface area contributed by atoms with Gasteiger partial charge in [-0.05, 0) is 0 Å². The molecule has 0 aliphatic carbocycles. The molecule has 0 aromatic carbocycles. The van der Waals surface area contributed by atoms with Gasteiger partial charge in [-0.15, -0.1) is 0 Å². The van der Waals surface area contributed by atoms with Crippen molar-refractivity contribution in [3.05, 3.63) is 0 Å². The maximum Gasteiger partial charge on any atom is 0.364 e. The summed E-state index contributed by atoms with van der Waals surface area (Å²) in [6.07, 6.45) is -6.98. The van der Waals surface area contributed by atoms with Gasteiger partial charge in [0.2, 0.25) is 5.91 Å². The molecule has 1 amide bonds. The smallest absolute Gasteiger partial charge is 0.364 e. The van der Waals surface area contributed by atoms with Gasteiger partial charge >= 0.3 is 5.97 Å². The molecule has 1 heterocycles. The number of amides is 1. The Kier molecular flexibility index (Phi) is 5.61. The first-order chi connectivity index (χ1) is 9.62. The van der Waals surface area contributed by atoms with Crippen LogP contribution in [-0.4, -0.2) is 80.2 Å². The Morgan fingerprint density at radius 2 is 2.05 bits per heavy atom. The van der Waals surface area contributed by atoms with Gasteiger partial charge in [-0.1, -0.05) is 0 Å². The quantitative estimate of drug-likeness (QED) is 0.267. The largest absolute Gasteiger partial charge is 0.477 e. The van der Waals surface area contributed by atoms with Crippen molar-refractivity contribution in [1.82, 2.24) is 5.32 Å². The van der Waals surface area contributed by atoms with Gasteiger partial charge in [0.05, 0.1) is 18.2 Å². The van der Waals surface area contributed by atoms with Crippen molar-refractivity contribution in [3.63, 3.8) is 0 Å². The van der Waals surface area contributed by atoms with Crippen molar-refractivity contribution < 1.29 is 39.9 Å². The molecule has 1 aliphatic rings. The third-order valence-corrected chi connectivity index (χ3v) is 3.26. The fraction of sp³-hybridized carbons (Fsp3) is 0.818. The Bertz CT molecular complexity index is 406. The summed E-state index contributed by atoms with van der Waals surface area (Å²) in [5.74, 6) is -5.07.